The Balaban J connectivity index is 1.47. The average Bonchev–Trinajstić information content (AvgIpc) is 3.05. The first-order valence-corrected chi connectivity index (χ1v) is 9.79. The van der Waals surface area contributed by atoms with Gasteiger partial charge in [0.15, 0.2) is 0 Å². The van der Waals surface area contributed by atoms with Crippen molar-refractivity contribution < 1.29 is 4.79 Å². The molecule has 1 aromatic carbocycles. The van der Waals surface area contributed by atoms with Crippen molar-refractivity contribution in [1.29, 1.82) is 0 Å². The third-order valence-electron chi connectivity index (χ3n) is 4.91. The summed E-state index contributed by atoms with van der Waals surface area (Å²) in [6.45, 7) is 3.66. The van der Waals surface area contributed by atoms with Crippen LogP contribution in [0.5, 0.6) is 0 Å². The van der Waals surface area contributed by atoms with E-state index in [0.29, 0.717) is 11.7 Å². The Kier molecular flexibility index (Phi) is 4.67. The number of carbonyl (C=O) groups excluding carboxylic acids is 1. The normalized spacial score (nSPS) is 22.7. The predicted octanol–water partition coefficient (Wildman–Crippen LogP) is 2.28. The minimum atomic E-state index is 0.0101. The van der Waals surface area contributed by atoms with Crippen molar-refractivity contribution in [2.45, 2.75) is 18.9 Å². The van der Waals surface area contributed by atoms with Crippen molar-refractivity contribution >= 4 is 28.7 Å². The van der Waals surface area contributed by atoms with Crippen molar-refractivity contribution in [2.24, 2.45) is 0 Å². The summed E-state index contributed by atoms with van der Waals surface area (Å²) in [4.78, 5) is 26.2. The second kappa shape index (κ2) is 7.07. The first-order valence-electron chi connectivity index (χ1n) is 8.64. The molecule has 3 heterocycles. The maximum Gasteiger partial charge on any atom is 0.274 e. The van der Waals surface area contributed by atoms with E-state index in [0.717, 1.165) is 43.6 Å². The molecule has 2 aliphatic heterocycles. The number of hydrogen-bond donors (Lipinski definition) is 0. The monoisotopic (exact) mass is 342 g/mol. The van der Waals surface area contributed by atoms with E-state index >= 15 is 0 Å². The van der Waals surface area contributed by atoms with Crippen LogP contribution >= 0.6 is 11.8 Å². The third-order valence-corrected chi connectivity index (χ3v) is 6.05. The number of carbonyl (C=O) groups is 1. The number of rotatable bonds is 2. The van der Waals surface area contributed by atoms with E-state index in [9.17, 15) is 4.79 Å². The Morgan fingerprint density at radius 3 is 2.83 bits per heavy atom. The van der Waals surface area contributed by atoms with Crippen LogP contribution in [0.15, 0.2) is 30.5 Å². The van der Waals surface area contributed by atoms with Crippen molar-refractivity contribution in [3.05, 3.63) is 36.2 Å². The molecular weight excluding hydrogens is 320 g/mol. The summed E-state index contributed by atoms with van der Waals surface area (Å²) in [6, 6.07) is 8.38. The number of thioether (sulfide) groups is 1. The van der Waals surface area contributed by atoms with Gasteiger partial charge in [0.1, 0.15) is 5.69 Å². The molecule has 1 aromatic heterocycles. The second-order valence-electron chi connectivity index (χ2n) is 6.44. The molecule has 2 saturated heterocycles. The van der Waals surface area contributed by atoms with Crippen LogP contribution in [-0.4, -0.2) is 69.4 Å². The molecule has 2 fully saturated rings. The largest absolute Gasteiger partial charge is 0.336 e. The van der Waals surface area contributed by atoms with Crippen LogP contribution < -0.4 is 0 Å². The number of benzene rings is 1. The van der Waals surface area contributed by atoms with E-state index in [2.05, 4.69) is 14.9 Å². The highest BCUT2D eigenvalue weighted by molar-refractivity contribution is 7.99. The van der Waals surface area contributed by atoms with E-state index in [-0.39, 0.29) is 5.91 Å². The predicted molar refractivity (Wildman–Crippen MR) is 97.4 cm³/mol. The zero-order valence-electron chi connectivity index (χ0n) is 13.7. The zero-order chi connectivity index (χ0) is 16.4. The van der Waals surface area contributed by atoms with E-state index in [1.807, 2.05) is 40.9 Å². The average molecular weight is 342 g/mol. The molecule has 4 rings (SSSR count). The molecule has 24 heavy (non-hydrogen) atoms. The van der Waals surface area contributed by atoms with Crippen molar-refractivity contribution in [1.82, 2.24) is 19.8 Å². The molecule has 0 saturated carbocycles. The Labute approximate surface area is 146 Å². The van der Waals surface area contributed by atoms with Gasteiger partial charge in [-0.15, -0.1) is 0 Å². The molecular formula is C18H22N4OS. The maximum absolute atomic E-state index is 12.8. The first-order chi connectivity index (χ1) is 11.8. The topological polar surface area (TPSA) is 49.3 Å². The second-order valence-corrected chi connectivity index (χ2v) is 7.59. The minimum Gasteiger partial charge on any atom is -0.336 e. The van der Waals surface area contributed by atoms with Gasteiger partial charge in [-0.2, -0.15) is 11.8 Å². The lowest BCUT2D eigenvalue weighted by atomic mass is 10.2. The fraction of sp³-hybridized carbons (Fsp3) is 0.500. The fourth-order valence-electron chi connectivity index (χ4n) is 3.54. The molecule has 2 aromatic rings. The third kappa shape index (κ3) is 3.26. The number of amides is 1. The molecule has 1 atom stereocenters. The number of nitrogens with zero attached hydrogens (tertiary/aromatic N) is 4. The van der Waals surface area contributed by atoms with Crippen LogP contribution in [0, 0.1) is 0 Å². The summed E-state index contributed by atoms with van der Waals surface area (Å²) in [5.74, 6) is 2.52. The minimum absolute atomic E-state index is 0.0101. The summed E-state index contributed by atoms with van der Waals surface area (Å²) in [5, 5.41) is 0. The highest BCUT2D eigenvalue weighted by atomic mass is 32.2. The zero-order valence-corrected chi connectivity index (χ0v) is 14.5. The number of fused-ring (bicyclic) bond motifs is 1. The Morgan fingerprint density at radius 1 is 1.12 bits per heavy atom. The summed E-state index contributed by atoms with van der Waals surface area (Å²) in [5.41, 5.74) is 2.07. The van der Waals surface area contributed by atoms with Gasteiger partial charge in [-0.3, -0.25) is 14.7 Å². The van der Waals surface area contributed by atoms with Gasteiger partial charge >= 0.3 is 0 Å². The van der Waals surface area contributed by atoms with Gasteiger partial charge in [-0.1, -0.05) is 12.1 Å². The summed E-state index contributed by atoms with van der Waals surface area (Å²) in [6.07, 6.45) is 3.93. The van der Waals surface area contributed by atoms with Crippen LogP contribution in [0.2, 0.25) is 0 Å². The molecule has 0 N–H and O–H groups in total. The van der Waals surface area contributed by atoms with E-state index < -0.39 is 0 Å². The highest BCUT2D eigenvalue weighted by Crippen LogP contribution is 2.23. The SMILES string of the molecule is O=C(c1cnc2ccccc2n1)N1CCCN(C2CCSC2)CC1. The summed E-state index contributed by atoms with van der Waals surface area (Å²) >= 11 is 2.05. The fourth-order valence-corrected chi connectivity index (χ4v) is 4.79. The molecule has 1 amide bonds. The molecule has 0 bridgehead atoms. The Bertz CT molecular complexity index is 732. The van der Waals surface area contributed by atoms with Crippen LogP contribution in [0.1, 0.15) is 23.3 Å². The van der Waals surface area contributed by atoms with E-state index in [4.69, 9.17) is 0 Å². The lowest BCUT2D eigenvalue weighted by Crippen LogP contribution is -2.39. The molecule has 1 unspecified atom stereocenters. The smallest absolute Gasteiger partial charge is 0.274 e. The lowest BCUT2D eigenvalue weighted by Gasteiger charge is -2.26. The molecule has 0 spiro atoms. The number of para-hydroxylation sites is 2. The Hall–Kier alpha value is -1.66. The molecule has 0 radical (unpaired) electrons. The summed E-state index contributed by atoms with van der Waals surface area (Å²) < 4.78 is 0. The van der Waals surface area contributed by atoms with Gasteiger partial charge in [0, 0.05) is 38.0 Å². The first kappa shape index (κ1) is 15.8. The maximum atomic E-state index is 12.8. The van der Waals surface area contributed by atoms with Gasteiger partial charge < -0.3 is 4.90 Å². The van der Waals surface area contributed by atoms with Gasteiger partial charge in [-0.05, 0) is 30.7 Å². The molecule has 2 aliphatic rings. The number of aromatic nitrogens is 2. The van der Waals surface area contributed by atoms with Crippen LogP contribution in [0.3, 0.4) is 0 Å². The van der Waals surface area contributed by atoms with Gasteiger partial charge in [0.2, 0.25) is 0 Å². The van der Waals surface area contributed by atoms with Crippen LogP contribution in [-0.2, 0) is 0 Å². The quantitative estimate of drug-likeness (QED) is 0.838. The van der Waals surface area contributed by atoms with Crippen molar-refractivity contribution in [2.75, 3.05) is 37.7 Å². The molecule has 6 heteroatoms. The lowest BCUT2D eigenvalue weighted by molar-refractivity contribution is 0.0753. The van der Waals surface area contributed by atoms with Crippen molar-refractivity contribution in [3.8, 4) is 0 Å². The standard InChI is InChI=1S/C18H22N4OS/c23-18(17-12-19-15-4-1-2-5-16(15)20-17)22-8-3-7-21(9-10-22)14-6-11-24-13-14/h1-2,4-5,12,14H,3,6-11,13H2. The highest BCUT2D eigenvalue weighted by Gasteiger charge is 2.27. The van der Waals surface area contributed by atoms with Crippen molar-refractivity contribution in [3.63, 3.8) is 0 Å². The van der Waals surface area contributed by atoms with Gasteiger partial charge in [0.25, 0.3) is 5.91 Å². The van der Waals surface area contributed by atoms with Crippen LogP contribution in [0.4, 0.5) is 0 Å². The van der Waals surface area contributed by atoms with E-state index in [1.165, 1.54) is 17.9 Å². The molecule has 5 nitrogen and oxygen atoms in total. The molecule has 0 aliphatic carbocycles. The van der Waals surface area contributed by atoms with Gasteiger partial charge in [0.05, 0.1) is 17.2 Å². The Morgan fingerprint density at radius 2 is 2.00 bits per heavy atom. The van der Waals surface area contributed by atoms with Crippen LogP contribution in [0.25, 0.3) is 11.0 Å². The number of hydrogen-bond acceptors (Lipinski definition) is 5. The summed E-state index contributed by atoms with van der Waals surface area (Å²) in [7, 11) is 0. The van der Waals surface area contributed by atoms with Gasteiger partial charge in [-0.25, -0.2) is 4.98 Å². The van der Waals surface area contributed by atoms with E-state index in [1.54, 1.807) is 6.20 Å². The molecule has 126 valence electrons.